The Morgan fingerprint density at radius 2 is 1.40 bits per heavy atom. The van der Waals surface area contributed by atoms with Crippen LogP contribution in [0.1, 0.15) is 51.3 Å². The van der Waals surface area contributed by atoms with Crippen molar-refractivity contribution in [1.29, 1.82) is 0 Å². The van der Waals surface area contributed by atoms with E-state index < -0.39 is 33.1 Å². The van der Waals surface area contributed by atoms with E-state index in [4.69, 9.17) is 21.1 Å². The number of pyridine rings is 1. The number of sulfonamides is 1. The molecule has 14 nitrogen and oxygen atoms in total. The molecule has 1 heterocycles. The standard InChI is InChI=1S/C28H28ClN5O6S.C16H16O3.C2H6/c1-28(2,3)17-13-22(25(40-4)23(14-17)33-41(5,38)39)32-27(35)31-21-11-10-18(19-8-6-7-9-20(19)21)16-12-24(34(36)37)26(29)30-15-16;17-15(11-13-7-3-1-4-8-13)16(18)19-12-14-9-5-2-6-10-14;1-2/h6-15,33H,1-5H3,(H2,31,32,35);1-10,15,17H,11-12H2;1-2H3. The van der Waals surface area contributed by atoms with Gasteiger partial charge in [0.05, 0.1) is 35.4 Å². The van der Waals surface area contributed by atoms with Crippen LogP contribution in [0.4, 0.5) is 27.5 Å². The quantitative estimate of drug-likeness (QED) is 0.0397. The number of carbonyl (C=O) groups is 2. The van der Waals surface area contributed by atoms with Gasteiger partial charge in [0.2, 0.25) is 15.2 Å². The van der Waals surface area contributed by atoms with Gasteiger partial charge in [-0.2, -0.15) is 0 Å². The molecule has 0 radical (unpaired) electrons. The highest BCUT2D eigenvalue weighted by atomic mass is 35.5. The van der Waals surface area contributed by atoms with Crippen molar-refractivity contribution in [3.63, 3.8) is 0 Å². The lowest BCUT2D eigenvalue weighted by Crippen LogP contribution is -2.25. The van der Waals surface area contributed by atoms with Gasteiger partial charge in [-0.25, -0.2) is 23.0 Å². The number of nitrogens with zero attached hydrogens (tertiary/aromatic N) is 2. The molecule has 0 fully saturated rings. The topological polar surface area (TPSA) is 199 Å². The summed E-state index contributed by atoms with van der Waals surface area (Å²) in [6.45, 7) is 10.1. The third kappa shape index (κ3) is 13.5. The largest absolute Gasteiger partial charge is 0.492 e. The monoisotopic (exact) mass is 883 g/mol. The van der Waals surface area contributed by atoms with Crippen LogP contribution in [0.2, 0.25) is 5.15 Å². The number of halogens is 1. The second-order valence-electron chi connectivity index (χ2n) is 14.6. The number of urea groups is 1. The molecule has 2 amide bonds. The summed E-state index contributed by atoms with van der Waals surface area (Å²) in [6, 6.07) is 33.6. The number of nitrogens with one attached hydrogen (secondary N) is 3. The van der Waals surface area contributed by atoms with Crippen LogP contribution in [-0.4, -0.2) is 54.9 Å². The molecule has 16 heteroatoms. The Labute approximate surface area is 366 Å². The number of nitro groups is 1. The lowest BCUT2D eigenvalue weighted by molar-refractivity contribution is -0.385. The second-order valence-corrected chi connectivity index (χ2v) is 16.7. The fourth-order valence-corrected chi connectivity index (χ4v) is 6.77. The molecule has 0 aliphatic carbocycles. The van der Waals surface area contributed by atoms with E-state index in [1.165, 1.54) is 19.4 Å². The normalized spacial score (nSPS) is 11.4. The molecule has 0 aliphatic rings. The van der Waals surface area contributed by atoms with Crippen LogP contribution < -0.4 is 20.1 Å². The molecule has 0 bridgehead atoms. The minimum atomic E-state index is -3.63. The Morgan fingerprint density at radius 1 is 0.839 bits per heavy atom. The summed E-state index contributed by atoms with van der Waals surface area (Å²) >= 11 is 5.89. The predicted octanol–water partition coefficient (Wildman–Crippen LogP) is 10.1. The molecule has 0 saturated heterocycles. The lowest BCUT2D eigenvalue weighted by atomic mass is 9.86. The molecule has 0 aliphatic heterocycles. The average molecular weight is 884 g/mol. The molecule has 6 aromatic rings. The number of ether oxygens (including phenoxy) is 2. The predicted molar refractivity (Wildman–Crippen MR) is 245 cm³/mol. The summed E-state index contributed by atoms with van der Waals surface area (Å²) in [5.74, 6) is -0.441. The Morgan fingerprint density at radius 3 is 1.98 bits per heavy atom. The number of benzene rings is 5. The van der Waals surface area contributed by atoms with Gasteiger partial charge >= 0.3 is 17.7 Å². The number of carbonyl (C=O) groups excluding carboxylic acids is 2. The van der Waals surface area contributed by atoms with Gasteiger partial charge in [-0.3, -0.25) is 14.8 Å². The van der Waals surface area contributed by atoms with Crippen LogP contribution in [0, 0.1) is 10.1 Å². The van der Waals surface area contributed by atoms with E-state index in [1.807, 2.05) is 107 Å². The number of amides is 2. The molecule has 0 saturated carbocycles. The first-order valence-electron chi connectivity index (χ1n) is 19.5. The van der Waals surface area contributed by atoms with Gasteiger partial charge in [0.1, 0.15) is 6.61 Å². The molecule has 326 valence electrons. The Bertz CT molecular complexity index is 2610. The average Bonchev–Trinajstić information content (AvgIpc) is 3.24. The van der Waals surface area contributed by atoms with E-state index in [0.717, 1.165) is 28.3 Å². The zero-order valence-electron chi connectivity index (χ0n) is 35.4. The van der Waals surface area contributed by atoms with Crippen LogP contribution >= 0.6 is 11.6 Å². The van der Waals surface area contributed by atoms with E-state index >= 15 is 0 Å². The van der Waals surface area contributed by atoms with E-state index in [2.05, 4.69) is 20.3 Å². The smallest absolute Gasteiger partial charge is 0.335 e. The van der Waals surface area contributed by atoms with Crippen molar-refractivity contribution in [2.45, 2.75) is 59.2 Å². The molecule has 6 rings (SSSR count). The number of anilines is 3. The summed E-state index contributed by atoms with van der Waals surface area (Å²) in [5, 5.41) is 28.0. The maximum Gasteiger partial charge on any atom is 0.335 e. The van der Waals surface area contributed by atoms with Crippen molar-refractivity contribution in [2.24, 2.45) is 0 Å². The van der Waals surface area contributed by atoms with Crippen molar-refractivity contribution < 1.29 is 37.5 Å². The van der Waals surface area contributed by atoms with Crippen LogP contribution in [0.3, 0.4) is 0 Å². The highest BCUT2D eigenvalue weighted by molar-refractivity contribution is 7.92. The molecule has 1 unspecified atom stereocenters. The zero-order chi connectivity index (χ0) is 45.6. The first-order chi connectivity index (χ1) is 29.4. The molecule has 4 N–H and O–H groups in total. The van der Waals surface area contributed by atoms with Gasteiger partial charge in [0, 0.05) is 29.6 Å². The van der Waals surface area contributed by atoms with Crippen molar-refractivity contribution in [2.75, 3.05) is 28.7 Å². The summed E-state index contributed by atoms with van der Waals surface area (Å²) < 4.78 is 37.0. The molecule has 0 spiro atoms. The summed E-state index contributed by atoms with van der Waals surface area (Å²) in [5.41, 5.74) is 3.98. The number of rotatable bonds is 12. The third-order valence-corrected chi connectivity index (χ3v) is 9.85. The first kappa shape index (κ1) is 48.1. The van der Waals surface area contributed by atoms with Crippen molar-refractivity contribution in [3.05, 3.63) is 153 Å². The number of esters is 1. The van der Waals surface area contributed by atoms with E-state index in [9.17, 15) is 33.2 Å². The van der Waals surface area contributed by atoms with Gasteiger partial charge in [0.15, 0.2) is 11.9 Å². The second kappa shape index (κ2) is 21.8. The highest BCUT2D eigenvalue weighted by Gasteiger charge is 2.23. The molecule has 5 aromatic carbocycles. The van der Waals surface area contributed by atoms with Gasteiger partial charge in [-0.1, -0.05) is 137 Å². The van der Waals surface area contributed by atoms with Gasteiger partial charge in [0.25, 0.3) is 0 Å². The lowest BCUT2D eigenvalue weighted by Gasteiger charge is -2.24. The number of hydrogen-bond donors (Lipinski definition) is 4. The zero-order valence-corrected chi connectivity index (χ0v) is 37.0. The fourth-order valence-electron chi connectivity index (χ4n) is 6.04. The van der Waals surface area contributed by atoms with Crippen LogP contribution in [0.15, 0.2) is 121 Å². The van der Waals surface area contributed by atoms with Gasteiger partial charge in [-0.05, 0) is 51.3 Å². The molecular weight excluding hydrogens is 834 g/mol. The number of aliphatic hydroxyl groups excluding tert-OH is 1. The Kier molecular flexibility index (Phi) is 16.9. The fraction of sp³-hybridized carbons (Fsp3) is 0.239. The van der Waals surface area contributed by atoms with Crippen molar-refractivity contribution in [1.82, 2.24) is 4.98 Å². The summed E-state index contributed by atoms with van der Waals surface area (Å²) in [6.07, 6.45) is 1.64. The van der Waals surface area contributed by atoms with E-state index in [0.29, 0.717) is 22.2 Å². The number of aromatic nitrogens is 1. The molecule has 1 aromatic heterocycles. The summed E-state index contributed by atoms with van der Waals surface area (Å²) in [7, 11) is -2.25. The number of hydrogen-bond acceptors (Lipinski definition) is 10. The van der Waals surface area contributed by atoms with Gasteiger partial charge in [-0.15, -0.1) is 0 Å². The summed E-state index contributed by atoms with van der Waals surface area (Å²) in [4.78, 5) is 39.6. The maximum atomic E-state index is 13.2. The first-order valence-corrected chi connectivity index (χ1v) is 21.7. The maximum absolute atomic E-state index is 13.2. The molecular formula is C46H50ClN5O9S. The van der Waals surface area contributed by atoms with E-state index in [-0.39, 0.29) is 46.4 Å². The van der Waals surface area contributed by atoms with Crippen molar-refractivity contribution >= 4 is 67.1 Å². The Balaban J connectivity index is 0.000000335. The third-order valence-electron chi connectivity index (χ3n) is 8.97. The number of fused-ring (bicyclic) bond motifs is 1. The Hall–Kier alpha value is -6.55. The SMILES string of the molecule is CC.COc1c(NC(=O)Nc2ccc(-c3cnc(Cl)c([N+](=O)[O-])c3)c3ccccc23)cc(C(C)(C)C)cc1NS(C)(=O)=O.O=C(OCc1ccccc1)C(O)Cc1ccccc1. The van der Waals surface area contributed by atoms with Gasteiger partial charge < -0.3 is 25.2 Å². The van der Waals surface area contributed by atoms with Crippen LogP contribution in [0.25, 0.3) is 21.9 Å². The van der Waals surface area contributed by atoms with Crippen molar-refractivity contribution in [3.8, 4) is 16.9 Å². The van der Waals surface area contributed by atoms with Crippen LogP contribution in [0.5, 0.6) is 5.75 Å². The van der Waals surface area contributed by atoms with E-state index in [1.54, 1.807) is 36.4 Å². The number of aliphatic hydroxyl groups is 1. The molecule has 62 heavy (non-hydrogen) atoms. The number of methoxy groups -OCH3 is 1. The minimum absolute atomic E-state index is 0.149. The highest BCUT2D eigenvalue weighted by Crippen LogP contribution is 2.40. The molecule has 1 atom stereocenters. The minimum Gasteiger partial charge on any atom is -0.492 e. The van der Waals surface area contributed by atoms with Crippen LogP contribution in [-0.2, 0) is 38.0 Å².